The molecule has 6 nitrogen and oxygen atoms in total. The molecule has 1 N–H and O–H groups in total. The normalized spacial score (nSPS) is 18.4. The molecular weight excluding hydrogens is 248 g/mol. The lowest BCUT2D eigenvalue weighted by atomic mass is 10.1. The number of rotatable bonds is 4. The zero-order valence-electron chi connectivity index (χ0n) is 10.7. The smallest absolute Gasteiger partial charge is 0.308 e. The van der Waals surface area contributed by atoms with Crippen molar-refractivity contribution < 1.29 is 19.4 Å². The molecule has 1 aliphatic rings. The molecule has 1 saturated heterocycles. The van der Waals surface area contributed by atoms with Crippen molar-refractivity contribution in [1.82, 2.24) is 9.88 Å². The topological polar surface area (TPSA) is 79.7 Å². The first-order chi connectivity index (χ1) is 9.13. The first-order valence-corrected chi connectivity index (χ1v) is 6.23. The van der Waals surface area contributed by atoms with Crippen LogP contribution in [0.5, 0.6) is 5.75 Å². The first-order valence-electron chi connectivity index (χ1n) is 6.23. The molecule has 2 rings (SSSR count). The largest absolute Gasteiger partial charge is 0.491 e. The Kier molecular flexibility index (Phi) is 3.99. The maximum Gasteiger partial charge on any atom is 0.308 e. The van der Waals surface area contributed by atoms with E-state index in [1.165, 1.54) is 11.1 Å². The zero-order valence-corrected chi connectivity index (χ0v) is 10.7. The van der Waals surface area contributed by atoms with Gasteiger partial charge < -0.3 is 14.7 Å². The molecule has 0 bridgehead atoms. The number of carbonyl (C=O) groups is 2. The van der Waals surface area contributed by atoms with Gasteiger partial charge in [0.25, 0.3) is 5.91 Å². The Morgan fingerprint density at radius 1 is 1.58 bits per heavy atom. The van der Waals surface area contributed by atoms with E-state index >= 15 is 0 Å². The van der Waals surface area contributed by atoms with Gasteiger partial charge in [-0.2, -0.15) is 0 Å². The minimum atomic E-state index is -0.860. The van der Waals surface area contributed by atoms with Gasteiger partial charge >= 0.3 is 5.97 Å². The van der Waals surface area contributed by atoms with Gasteiger partial charge in [-0.1, -0.05) is 0 Å². The molecule has 1 unspecified atom stereocenters. The van der Waals surface area contributed by atoms with Crippen molar-refractivity contribution in [3.8, 4) is 5.75 Å². The molecule has 0 aromatic carbocycles. The summed E-state index contributed by atoms with van der Waals surface area (Å²) >= 11 is 0. The molecule has 19 heavy (non-hydrogen) atoms. The number of aromatic nitrogens is 1. The van der Waals surface area contributed by atoms with Crippen LogP contribution in [0.1, 0.15) is 23.8 Å². The summed E-state index contributed by atoms with van der Waals surface area (Å²) in [4.78, 5) is 28.8. The number of pyridine rings is 1. The van der Waals surface area contributed by atoms with E-state index in [9.17, 15) is 9.59 Å². The molecule has 2 heterocycles. The molecule has 1 fully saturated rings. The molecule has 0 spiro atoms. The molecule has 0 radical (unpaired) electrons. The Hall–Kier alpha value is -2.11. The Labute approximate surface area is 111 Å². The molecule has 0 aliphatic carbocycles. The van der Waals surface area contributed by atoms with Crippen molar-refractivity contribution in [2.24, 2.45) is 5.92 Å². The van der Waals surface area contributed by atoms with Crippen molar-refractivity contribution in [3.63, 3.8) is 0 Å². The number of carboxylic acids is 1. The van der Waals surface area contributed by atoms with Gasteiger partial charge in [-0.05, 0) is 25.5 Å². The number of likely N-dealkylation sites (tertiary alicyclic amines) is 1. The molecule has 1 aromatic heterocycles. The van der Waals surface area contributed by atoms with Crippen LogP contribution in [0.3, 0.4) is 0 Å². The summed E-state index contributed by atoms with van der Waals surface area (Å²) in [5, 5.41) is 8.94. The summed E-state index contributed by atoms with van der Waals surface area (Å²) in [5.41, 5.74) is 0.246. The number of nitrogens with zero attached hydrogens (tertiary/aromatic N) is 2. The highest BCUT2D eigenvalue weighted by molar-refractivity contribution is 5.95. The van der Waals surface area contributed by atoms with Crippen LogP contribution in [0.2, 0.25) is 0 Å². The maximum atomic E-state index is 12.3. The van der Waals surface area contributed by atoms with Gasteiger partial charge in [0.05, 0.1) is 12.5 Å². The van der Waals surface area contributed by atoms with E-state index in [-0.39, 0.29) is 18.1 Å². The SMILES string of the molecule is CCOc1cccnc1C(=O)N1CCC(C(=O)O)C1. The second-order valence-electron chi connectivity index (χ2n) is 4.36. The highest BCUT2D eigenvalue weighted by atomic mass is 16.5. The Bertz CT molecular complexity index is 489. The second-order valence-corrected chi connectivity index (χ2v) is 4.36. The summed E-state index contributed by atoms with van der Waals surface area (Å²) in [6.45, 7) is 2.95. The molecule has 102 valence electrons. The summed E-state index contributed by atoms with van der Waals surface area (Å²) in [6, 6.07) is 3.39. The van der Waals surface area contributed by atoms with Crippen LogP contribution in [0.15, 0.2) is 18.3 Å². The minimum Gasteiger partial charge on any atom is -0.491 e. The van der Waals surface area contributed by atoms with Crippen LogP contribution in [0, 0.1) is 5.92 Å². The third-order valence-electron chi connectivity index (χ3n) is 3.10. The summed E-state index contributed by atoms with van der Waals surface area (Å²) < 4.78 is 5.37. The van der Waals surface area contributed by atoms with Crippen LogP contribution < -0.4 is 4.74 Å². The lowest BCUT2D eigenvalue weighted by Crippen LogP contribution is -2.31. The number of ether oxygens (including phenoxy) is 1. The van der Waals surface area contributed by atoms with E-state index < -0.39 is 11.9 Å². The van der Waals surface area contributed by atoms with Gasteiger partial charge in [0.1, 0.15) is 0 Å². The fourth-order valence-corrected chi connectivity index (χ4v) is 2.12. The number of carbonyl (C=O) groups excluding carboxylic acids is 1. The van der Waals surface area contributed by atoms with Gasteiger partial charge in [-0.25, -0.2) is 4.98 Å². The van der Waals surface area contributed by atoms with E-state index in [4.69, 9.17) is 9.84 Å². The monoisotopic (exact) mass is 264 g/mol. The van der Waals surface area contributed by atoms with Gasteiger partial charge in [-0.3, -0.25) is 9.59 Å². The zero-order chi connectivity index (χ0) is 13.8. The van der Waals surface area contributed by atoms with E-state index in [0.29, 0.717) is 25.3 Å². The third kappa shape index (κ3) is 2.83. The summed E-state index contributed by atoms with van der Waals surface area (Å²) in [5.74, 6) is -1.17. The standard InChI is InChI=1S/C13H16N2O4/c1-2-19-10-4-3-6-14-11(10)12(16)15-7-5-9(8-15)13(17)18/h3-4,6,9H,2,5,7-8H2,1H3,(H,17,18). The summed E-state index contributed by atoms with van der Waals surface area (Å²) in [6.07, 6.45) is 2.01. The maximum absolute atomic E-state index is 12.3. The van der Waals surface area contributed by atoms with Crippen LogP contribution in [-0.4, -0.2) is 46.6 Å². The quantitative estimate of drug-likeness (QED) is 0.878. The van der Waals surface area contributed by atoms with Gasteiger partial charge in [0.2, 0.25) is 0 Å². The Balaban J connectivity index is 2.14. The number of aliphatic carboxylic acids is 1. The fraction of sp³-hybridized carbons (Fsp3) is 0.462. The van der Waals surface area contributed by atoms with Crippen LogP contribution >= 0.6 is 0 Å². The van der Waals surface area contributed by atoms with Gasteiger partial charge in [0.15, 0.2) is 11.4 Å². The predicted molar refractivity (Wildman–Crippen MR) is 67.1 cm³/mol. The molecule has 1 amide bonds. The van der Waals surface area contributed by atoms with E-state index in [2.05, 4.69) is 4.98 Å². The first kappa shape index (κ1) is 13.3. The van der Waals surface area contributed by atoms with Crippen molar-refractivity contribution >= 4 is 11.9 Å². The Morgan fingerprint density at radius 2 is 2.37 bits per heavy atom. The van der Waals surface area contributed by atoms with E-state index in [1.807, 2.05) is 6.92 Å². The molecule has 1 atom stereocenters. The van der Waals surface area contributed by atoms with Gasteiger partial charge in [0, 0.05) is 19.3 Å². The summed E-state index contributed by atoms with van der Waals surface area (Å²) in [7, 11) is 0. The molecule has 0 saturated carbocycles. The number of amides is 1. The van der Waals surface area contributed by atoms with Crippen molar-refractivity contribution in [2.75, 3.05) is 19.7 Å². The number of hydrogen-bond donors (Lipinski definition) is 1. The van der Waals surface area contributed by atoms with Crippen LogP contribution in [-0.2, 0) is 4.79 Å². The molecule has 1 aliphatic heterocycles. The van der Waals surface area contributed by atoms with Crippen LogP contribution in [0.25, 0.3) is 0 Å². The van der Waals surface area contributed by atoms with Crippen molar-refractivity contribution in [1.29, 1.82) is 0 Å². The minimum absolute atomic E-state index is 0.232. The molecule has 1 aromatic rings. The molecule has 6 heteroatoms. The highest BCUT2D eigenvalue weighted by Crippen LogP contribution is 2.22. The Morgan fingerprint density at radius 3 is 3.00 bits per heavy atom. The average molecular weight is 264 g/mol. The highest BCUT2D eigenvalue weighted by Gasteiger charge is 2.32. The van der Waals surface area contributed by atoms with Gasteiger partial charge in [-0.15, -0.1) is 0 Å². The van der Waals surface area contributed by atoms with Crippen molar-refractivity contribution in [2.45, 2.75) is 13.3 Å². The van der Waals surface area contributed by atoms with E-state index in [0.717, 1.165) is 0 Å². The van der Waals surface area contributed by atoms with Crippen molar-refractivity contribution in [3.05, 3.63) is 24.0 Å². The average Bonchev–Trinajstić information content (AvgIpc) is 2.89. The van der Waals surface area contributed by atoms with E-state index in [1.54, 1.807) is 12.1 Å². The lowest BCUT2D eigenvalue weighted by Gasteiger charge is -2.17. The fourth-order valence-electron chi connectivity index (χ4n) is 2.12. The number of carboxylic acid groups (broad SMARTS) is 1. The third-order valence-corrected chi connectivity index (χ3v) is 3.10. The second kappa shape index (κ2) is 5.69. The predicted octanol–water partition coefficient (Wildman–Crippen LogP) is 1.03. The lowest BCUT2D eigenvalue weighted by molar-refractivity contribution is -0.141. The number of hydrogen-bond acceptors (Lipinski definition) is 4. The van der Waals surface area contributed by atoms with Crippen LogP contribution in [0.4, 0.5) is 0 Å². The molecular formula is C13H16N2O4.